The topological polar surface area (TPSA) is 49.8 Å². The van der Waals surface area contributed by atoms with Gasteiger partial charge in [0.25, 0.3) is 0 Å². The molecule has 1 N–H and O–H groups in total. The van der Waals surface area contributed by atoms with E-state index in [1.165, 1.54) is 6.42 Å². The van der Waals surface area contributed by atoms with E-state index >= 15 is 0 Å². The fraction of sp³-hybridized carbons (Fsp3) is 0.889. The zero-order chi connectivity index (χ0) is 9.68. The van der Waals surface area contributed by atoms with E-state index in [-0.39, 0.29) is 6.42 Å². The van der Waals surface area contributed by atoms with Crippen molar-refractivity contribution in [3.05, 3.63) is 0 Å². The molecule has 0 aromatic rings. The number of likely N-dealkylation sites (tertiary alicyclic amines) is 1. The van der Waals surface area contributed by atoms with Gasteiger partial charge in [0.1, 0.15) is 0 Å². The molecule has 0 bridgehead atoms. The van der Waals surface area contributed by atoms with Gasteiger partial charge in [0.05, 0.1) is 19.6 Å². The molecule has 1 aliphatic heterocycles. The summed E-state index contributed by atoms with van der Waals surface area (Å²) in [6.45, 7) is 3.26. The van der Waals surface area contributed by atoms with Gasteiger partial charge in [-0.15, -0.1) is 0 Å². The predicted octanol–water partition coefficient (Wildman–Crippen LogP) is 0.429. The number of carboxylic acids is 1. The second-order valence-electron chi connectivity index (χ2n) is 3.64. The summed E-state index contributed by atoms with van der Waals surface area (Å²) in [5.41, 5.74) is 0. The van der Waals surface area contributed by atoms with E-state index in [2.05, 4.69) is 11.9 Å². The number of rotatable bonds is 5. The molecule has 13 heavy (non-hydrogen) atoms. The monoisotopic (exact) mass is 187 g/mol. The summed E-state index contributed by atoms with van der Waals surface area (Å²) in [5, 5.41) is 8.36. The summed E-state index contributed by atoms with van der Waals surface area (Å²) in [6.07, 6.45) is 1.28. The van der Waals surface area contributed by atoms with Crippen LogP contribution in [0.2, 0.25) is 0 Å². The molecule has 1 fully saturated rings. The molecule has 0 radical (unpaired) electrons. The van der Waals surface area contributed by atoms with E-state index in [1.807, 2.05) is 0 Å². The lowest BCUT2D eigenvalue weighted by atomic mass is 10.1. The Kier molecular flexibility index (Phi) is 4.18. The maximum Gasteiger partial charge on any atom is 0.305 e. The summed E-state index contributed by atoms with van der Waals surface area (Å²) in [4.78, 5) is 12.4. The van der Waals surface area contributed by atoms with Crippen molar-refractivity contribution in [2.45, 2.75) is 12.8 Å². The lowest BCUT2D eigenvalue weighted by molar-refractivity contribution is -0.138. The first-order valence-corrected chi connectivity index (χ1v) is 4.66. The Morgan fingerprint density at radius 1 is 1.69 bits per heavy atom. The molecular weight excluding hydrogens is 170 g/mol. The highest BCUT2D eigenvalue weighted by Gasteiger charge is 2.19. The SMILES string of the molecule is CN1CCC(COCCC(=O)O)C1. The third-order valence-corrected chi connectivity index (χ3v) is 2.30. The molecule has 1 atom stereocenters. The van der Waals surface area contributed by atoms with Crippen molar-refractivity contribution in [1.29, 1.82) is 0 Å². The normalized spacial score (nSPS) is 23.6. The van der Waals surface area contributed by atoms with E-state index < -0.39 is 5.97 Å². The van der Waals surface area contributed by atoms with Crippen LogP contribution in [-0.2, 0) is 9.53 Å². The second kappa shape index (κ2) is 5.19. The van der Waals surface area contributed by atoms with Crippen molar-refractivity contribution >= 4 is 5.97 Å². The van der Waals surface area contributed by atoms with Gasteiger partial charge >= 0.3 is 5.97 Å². The van der Waals surface area contributed by atoms with Gasteiger partial charge in [-0.2, -0.15) is 0 Å². The predicted molar refractivity (Wildman–Crippen MR) is 48.7 cm³/mol. The van der Waals surface area contributed by atoms with Crippen LogP contribution in [0.1, 0.15) is 12.8 Å². The lowest BCUT2D eigenvalue weighted by Crippen LogP contribution is -2.17. The maximum absolute atomic E-state index is 10.2. The number of nitrogens with zero attached hydrogens (tertiary/aromatic N) is 1. The van der Waals surface area contributed by atoms with Gasteiger partial charge < -0.3 is 14.7 Å². The number of hydrogen-bond acceptors (Lipinski definition) is 3. The Balaban J connectivity index is 1.97. The Bertz CT molecular complexity index is 172. The largest absolute Gasteiger partial charge is 0.481 e. The average Bonchev–Trinajstić information content (AvgIpc) is 2.45. The first-order valence-electron chi connectivity index (χ1n) is 4.66. The summed E-state index contributed by atoms with van der Waals surface area (Å²) in [7, 11) is 2.09. The second-order valence-corrected chi connectivity index (χ2v) is 3.64. The van der Waals surface area contributed by atoms with Crippen LogP contribution in [0.15, 0.2) is 0 Å². The average molecular weight is 187 g/mol. The maximum atomic E-state index is 10.2. The fourth-order valence-electron chi connectivity index (χ4n) is 1.57. The van der Waals surface area contributed by atoms with Crippen molar-refractivity contribution < 1.29 is 14.6 Å². The molecule has 1 heterocycles. The molecule has 1 aliphatic rings. The van der Waals surface area contributed by atoms with E-state index in [1.54, 1.807) is 0 Å². The molecule has 4 nitrogen and oxygen atoms in total. The highest BCUT2D eigenvalue weighted by molar-refractivity contribution is 5.66. The first kappa shape index (κ1) is 10.5. The van der Waals surface area contributed by atoms with Gasteiger partial charge in [0, 0.05) is 6.54 Å². The highest BCUT2D eigenvalue weighted by atomic mass is 16.5. The molecule has 4 heteroatoms. The number of hydrogen-bond donors (Lipinski definition) is 1. The van der Waals surface area contributed by atoms with Gasteiger partial charge in [0.15, 0.2) is 0 Å². The van der Waals surface area contributed by atoms with E-state index in [0.717, 1.165) is 13.1 Å². The Labute approximate surface area is 78.5 Å². The van der Waals surface area contributed by atoms with Crippen LogP contribution in [0.25, 0.3) is 0 Å². The smallest absolute Gasteiger partial charge is 0.305 e. The summed E-state index contributed by atoms with van der Waals surface area (Å²) >= 11 is 0. The van der Waals surface area contributed by atoms with Gasteiger partial charge in [-0.05, 0) is 25.9 Å². The van der Waals surface area contributed by atoms with Crippen molar-refractivity contribution in [3.8, 4) is 0 Å². The van der Waals surface area contributed by atoms with Crippen molar-refractivity contribution in [1.82, 2.24) is 4.90 Å². The van der Waals surface area contributed by atoms with Gasteiger partial charge in [-0.25, -0.2) is 0 Å². The fourth-order valence-corrected chi connectivity index (χ4v) is 1.57. The zero-order valence-electron chi connectivity index (χ0n) is 8.03. The number of carbonyl (C=O) groups is 1. The van der Waals surface area contributed by atoms with Gasteiger partial charge in [-0.1, -0.05) is 0 Å². The van der Waals surface area contributed by atoms with E-state index in [9.17, 15) is 4.79 Å². The lowest BCUT2D eigenvalue weighted by Gasteiger charge is -2.10. The first-order chi connectivity index (χ1) is 6.18. The zero-order valence-corrected chi connectivity index (χ0v) is 8.03. The Morgan fingerprint density at radius 2 is 2.46 bits per heavy atom. The molecule has 0 aromatic heterocycles. The summed E-state index contributed by atoms with van der Waals surface area (Å²) < 4.78 is 5.27. The van der Waals surface area contributed by atoms with Crippen molar-refractivity contribution in [2.24, 2.45) is 5.92 Å². The standard InChI is InChI=1S/C9H17NO3/c1-10-4-2-8(6-10)7-13-5-3-9(11)12/h8H,2-7H2,1H3,(H,11,12). The minimum absolute atomic E-state index is 0.114. The minimum Gasteiger partial charge on any atom is -0.481 e. The number of carboxylic acid groups (broad SMARTS) is 1. The molecule has 1 unspecified atom stereocenters. The molecular formula is C9H17NO3. The Morgan fingerprint density at radius 3 is 3.00 bits per heavy atom. The molecule has 0 aromatic carbocycles. The summed E-state index contributed by atoms with van der Waals surface area (Å²) in [6, 6.07) is 0. The van der Waals surface area contributed by atoms with Crippen LogP contribution < -0.4 is 0 Å². The molecule has 1 rings (SSSR count). The van der Waals surface area contributed by atoms with Gasteiger partial charge in [-0.3, -0.25) is 4.79 Å². The van der Waals surface area contributed by atoms with Crippen LogP contribution in [0.5, 0.6) is 0 Å². The van der Waals surface area contributed by atoms with Crippen LogP contribution >= 0.6 is 0 Å². The van der Waals surface area contributed by atoms with Gasteiger partial charge in [0.2, 0.25) is 0 Å². The Hall–Kier alpha value is -0.610. The van der Waals surface area contributed by atoms with Crippen LogP contribution in [0, 0.1) is 5.92 Å². The number of aliphatic carboxylic acids is 1. The molecule has 0 aliphatic carbocycles. The molecule has 0 spiro atoms. The van der Waals surface area contributed by atoms with Crippen molar-refractivity contribution in [3.63, 3.8) is 0 Å². The van der Waals surface area contributed by atoms with Crippen molar-refractivity contribution in [2.75, 3.05) is 33.4 Å². The third-order valence-electron chi connectivity index (χ3n) is 2.30. The molecule has 0 saturated carbocycles. The summed E-state index contributed by atoms with van der Waals surface area (Å²) in [5.74, 6) is -0.192. The van der Waals surface area contributed by atoms with E-state index in [4.69, 9.17) is 9.84 Å². The van der Waals surface area contributed by atoms with E-state index in [0.29, 0.717) is 19.1 Å². The highest BCUT2D eigenvalue weighted by Crippen LogP contribution is 2.14. The van der Waals surface area contributed by atoms with Crippen LogP contribution in [-0.4, -0.2) is 49.3 Å². The number of ether oxygens (including phenoxy) is 1. The molecule has 0 amide bonds. The third kappa shape index (κ3) is 4.24. The van der Waals surface area contributed by atoms with Crippen LogP contribution in [0.4, 0.5) is 0 Å². The molecule has 76 valence electrons. The quantitative estimate of drug-likeness (QED) is 0.634. The molecule has 1 saturated heterocycles. The minimum atomic E-state index is -0.788. The van der Waals surface area contributed by atoms with Crippen LogP contribution in [0.3, 0.4) is 0 Å².